The average Bonchev–Trinajstić information content (AvgIpc) is 3.55. The van der Waals surface area contributed by atoms with Crippen molar-refractivity contribution in [1.29, 1.82) is 0 Å². The molecule has 10 nitrogen and oxygen atoms in total. The van der Waals surface area contributed by atoms with Crippen LogP contribution in [0.5, 0.6) is 11.5 Å². The van der Waals surface area contributed by atoms with E-state index >= 15 is 0 Å². The van der Waals surface area contributed by atoms with Crippen LogP contribution in [0.3, 0.4) is 0 Å². The monoisotopic (exact) mass is 444 g/mol. The van der Waals surface area contributed by atoms with E-state index in [0.717, 1.165) is 17.0 Å². The zero-order valence-corrected chi connectivity index (χ0v) is 17.6. The number of hydrogen-bond donors (Lipinski definition) is 1. The maximum absolute atomic E-state index is 12.6. The molecule has 1 amide bonds. The lowest BCUT2D eigenvalue weighted by molar-refractivity contribution is 0.0714. The first-order chi connectivity index (χ1) is 16.2. The van der Waals surface area contributed by atoms with Crippen LogP contribution in [-0.4, -0.2) is 58.7 Å². The molecular formula is C23H20N6O4. The molecule has 4 aromatic rings. The fourth-order valence-corrected chi connectivity index (χ4v) is 4.13. The van der Waals surface area contributed by atoms with Gasteiger partial charge in [-0.25, -0.2) is 9.97 Å². The third-order valence-electron chi connectivity index (χ3n) is 5.81. The van der Waals surface area contributed by atoms with E-state index in [1.807, 2.05) is 30.3 Å². The molecule has 0 radical (unpaired) electrons. The molecule has 0 bridgehead atoms. The lowest BCUT2D eigenvalue weighted by Crippen LogP contribution is -2.49. The summed E-state index contributed by atoms with van der Waals surface area (Å²) < 4.78 is 16.2. The number of carbonyl (C=O) groups excluding carboxylic acids is 1. The number of anilines is 2. The van der Waals surface area contributed by atoms with Crippen molar-refractivity contribution in [2.45, 2.75) is 0 Å². The molecule has 6 rings (SSSR count). The highest BCUT2D eigenvalue weighted by atomic mass is 16.7. The van der Waals surface area contributed by atoms with Gasteiger partial charge in [-0.15, -0.1) is 0 Å². The number of fused-ring (bicyclic) bond motifs is 2. The van der Waals surface area contributed by atoms with Gasteiger partial charge in [-0.1, -0.05) is 0 Å². The van der Waals surface area contributed by atoms with Gasteiger partial charge in [0.2, 0.25) is 12.7 Å². The molecule has 0 aliphatic carbocycles. The van der Waals surface area contributed by atoms with Crippen molar-refractivity contribution in [3.05, 3.63) is 54.5 Å². The largest absolute Gasteiger partial charge is 0.459 e. The lowest BCUT2D eigenvalue weighted by atomic mass is 10.1. The van der Waals surface area contributed by atoms with E-state index in [-0.39, 0.29) is 18.6 Å². The van der Waals surface area contributed by atoms with E-state index in [9.17, 15) is 4.79 Å². The molecule has 0 spiro atoms. The zero-order chi connectivity index (χ0) is 22.4. The normalized spacial score (nSPS) is 15.3. The summed E-state index contributed by atoms with van der Waals surface area (Å²) in [6.45, 7) is 2.47. The molecule has 1 fully saturated rings. The minimum atomic E-state index is -0.116. The first kappa shape index (κ1) is 19.4. The number of amides is 1. The molecule has 0 atom stereocenters. The van der Waals surface area contributed by atoms with E-state index in [2.05, 4.69) is 14.9 Å². The van der Waals surface area contributed by atoms with Crippen LogP contribution in [0, 0.1) is 0 Å². The van der Waals surface area contributed by atoms with Crippen LogP contribution in [-0.2, 0) is 0 Å². The van der Waals surface area contributed by atoms with Crippen molar-refractivity contribution >= 4 is 28.7 Å². The molecule has 3 aromatic heterocycles. The fourth-order valence-electron chi connectivity index (χ4n) is 4.13. The van der Waals surface area contributed by atoms with Gasteiger partial charge in [0, 0.05) is 31.7 Å². The number of carbonyl (C=O) groups is 1. The topological polar surface area (TPSA) is 120 Å². The summed E-state index contributed by atoms with van der Waals surface area (Å²) in [5.41, 5.74) is 8.98. The Kier molecular flexibility index (Phi) is 4.49. The predicted octanol–water partition coefficient (Wildman–Crippen LogP) is 2.56. The third-order valence-corrected chi connectivity index (χ3v) is 5.81. The Balaban J connectivity index is 1.31. The molecule has 2 aliphatic heterocycles. The van der Waals surface area contributed by atoms with Crippen LogP contribution >= 0.6 is 0 Å². The summed E-state index contributed by atoms with van der Waals surface area (Å²) in [4.78, 5) is 30.2. The number of ether oxygens (including phenoxy) is 2. The number of aromatic nitrogens is 3. The smallest absolute Gasteiger partial charge is 0.289 e. The van der Waals surface area contributed by atoms with Crippen molar-refractivity contribution in [3.63, 3.8) is 0 Å². The molecule has 1 saturated heterocycles. The minimum Gasteiger partial charge on any atom is -0.459 e. The number of rotatable bonds is 3. The highest BCUT2D eigenvalue weighted by molar-refractivity contribution is 5.92. The van der Waals surface area contributed by atoms with Crippen LogP contribution in [0.25, 0.3) is 22.3 Å². The molecule has 33 heavy (non-hydrogen) atoms. The first-order valence-corrected chi connectivity index (χ1v) is 10.6. The number of piperazine rings is 1. The van der Waals surface area contributed by atoms with Crippen molar-refractivity contribution in [3.8, 4) is 22.8 Å². The van der Waals surface area contributed by atoms with Gasteiger partial charge < -0.3 is 29.4 Å². The van der Waals surface area contributed by atoms with Crippen molar-refractivity contribution in [1.82, 2.24) is 19.9 Å². The molecule has 1 aromatic carbocycles. The van der Waals surface area contributed by atoms with Crippen molar-refractivity contribution < 1.29 is 18.7 Å². The Labute approximate surface area is 188 Å². The molecule has 10 heteroatoms. The van der Waals surface area contributed by atoms with E-state index in [4.69, 9.17) is 24.6 Å². The number of nitrogens with two attached hydrogens (primary N) is 1. The van der Waals surface area contributed by atoms with E-state index in [1.54, 1.807) is 17.0 Å². The fraction of sp³-hybridized carbons (Fsp3) is 0.217. The third kappa shape index (κ3) is 3.45. The number of pyridine rings is 1. The predicted molar refractivity (Wildman–Crippen MR) is 120 cm³/mol. The van der Waals surface area contributed by atoms with Crippen molar-refractivity contribution in [2.24, 2.45) is 0 Å². The van der Waals surface area contributed by atoms with Crippen molar-refractivity contribution in [2.75, 3.05) is 43.6 Å². The van der Waals surface area contributed by atoms with Gasteiger partial charge in [0.25, 0.3) is 5.91 Å². The Bertz CT molecular complexity index is 1350. The van der Waals surface area contributed by atoms with Gasteiger partial charge in [-0.3, -0.25) is 4.79 Å². The van der Waals surface area contributed by atoms with Gasteiger partial charge >= 0.3 is 0 Å². The van der Waals surface area contributed by atoms with Crippen LogP contribution < -0.4 is 20.1 Å². The summed E-state index contributed by atoms with van der Waals surface area (Å²) in [6.07, 6.45) is 1.50. The van der Waals surface area contributed by atoms with Crippen LogP contribution in [0.15, 0.2) is 53.1 Å². The summed E-state index contributed by atoms with van der Waals surface area (Å²) in [5, 5.41) is 0. The summed E-state index contributed by atoms with van der Waals surface area (Å²) in [7, 11) is 0. The number of furan rings is 1. The summed E-state index contributed by atoms with van der Waals surface area (Å²) in [5.74, 6) is 2.48. The SMILES string of the molecule is Nc1nc(N2CCN(C(=O)c3ccco3)CC2)c2nc(-c3ccc4c(c3)OCO4)ccc2n1. The second-order valence-electron chi connectivity index (χ2n) is 7.79. The molecular weight excluding hydrogens is 424 g/mol. The quantitative estimate of drug-likeness (QED) is 0.508. The van der Waals surface area contributed by atoms with E-state index < -0.39 is 0 Å². The van der Waals surface area contributed by atoms with Crippen LogP contribution in [0.1, 0.15) is 10.6 Å². The average molecular weight is 444 g/mol. The second kappa shape index (κ2) is 7.66. The van der Waals surface area contributed by atoms with Crippen LogP contribution in [0.4, 0.5) is 11.8 Å². The van der Waals surface area contributed by atoms with Gasteiger partial charge in [-0.2, -0.15) is 4.98 Å². The van der Waals surface area contributed by atoms with E-state index in [1.165, 1.54) is 6.26 Å². The molecule has 5 heterocycles. The maximum Gasteiger partial charge on any atom is 0.289 e. The number of nitrogens with zero attached hydrogens (tertiary/aromatic N) is 5. The summed E-state index contributed by atoms with van der Waals surface area (Å²) >= 11 is 0. The number of hydrogen-bond acceptors (Lipinski definition) is 9. The molecule has 2 aliphatic rings. The Hall–Kier alpha value is -4.34. The van der Waals surface area contributed by atoms with E-state index in [0.29, 0.717) is 54.5 Å². The first-order valence-electron chi connectivity index (χ1n) is 10.6. The molecule has 0 saturated carbocycles. The Morgan fingerprint density at radius 1 is 0.939 bits per heavy atom. The van der Waals surface area contributed by atoms with Gasteiger partial charge in [-0.05, 0) is 42.5 Å². The maximum atomic E-state index is 12.6. The van der Waals surface area contributed by atoms with Gasteiger partial charge in [0.05, 0.1) is 17.5 Å². The Morgan fingerprint density at radius 3 is 2.61 bits per heavy atom. The Morgan fingerprint density at radius 2 is 1.79 bits per heavy atom. The highest BCUT2D eigenvalue weighted by Gasteiger charge is 2.26. The number of nitrogen functional groups attached to an aromatic ring is 1. The molecule has 166 valence electrons. The van der Waals surface area contributed by atoms with Crippen LogP contribution in [0.2, 0.25) is 0 Å². The molecule has 0 unspecified atom stereocenters. The minimum absolute atomic E-state index is 0.116. The standard InChI is InChI=1S/C23H20N6O4/c24-23-26-16-5-4-15(14-3-6-17-19(12-14)33-13-32-17)25-20(16)21(27-23)28-7-9-29(10-8-28)22(30)18-2-1-11-31-18/h1-6,11-12H,7-10,13H2,(H2,24,26,27). The summed E-state index contributed by atoms with van der Waals surface area (Å²) in [6, 6.07) is 12.9. The van der Waals surface area contributed by atoms with Gasteiger partial charge in [0.1, 0.15) is 5.52 Å². The molecule has 2 N–H and O–H groups in total. The lowest BCUT2D eigenvalue weighted by Gasteiger charge is -2.35. The van der Waals surface area contributed by atoms with Gasteiger partial charge in [0.15, 0.2) is 23.1 Å². The second-order valence-corrected chi connectivity index (χ2v) is 7.79. The zero-order valence-electron chi connectivity index (χ0n) is 17.6. The highest BCUT2D eigenvalue weighted by Crippen LogP contribution is 2.36. The number of benzene rings is 1.